The average molecular weight is 402 g/mol. The maximum Gasteiger partial charge on any atom is 0.220 e. The number of anilines is 1. The maximum absolute atomic E-state index is 12.1. The summed E-state index contributed by atoms with van der Waals surface area (Å²) in [4.78, 5) is 17.0. The van der Waals surface area contributed by atoms with Crippen LogP contribution in [0.5, 0.6) is 0 Å². The van der Waals surface area contributed by atoms with Crippen LogP contribution in [0.3, 0.4) is 0 Å². The summed E-state index contributed by atoms with van der Waals surface area (Å²) in [6.45, 7) is 10.6. The number of nitrogens with one attached hydrogen (secondary N) is 1. The number of hydrogen-bond acceptors (Lipinski definition) is 5. The quantitative estimate of drug-likeness (QED) is 0.761. The fraction of sp³-hybridized carbons (Fsp3) is 0.696. The van der Waals surface area contributed by atoms with Gasteiger partial charge in [0.25, 0.3) is 0 Å². The minimum Gasteiger partial charge on any atom is -0.372 e. The summed E-state index contributed by atoms with van der Waals surface area (Å²) in [5, 5.41) is 3.11. The Hall–Kier alpha value is -1.63. The molecule has 1 aromatic rings. The monoisotopic (exact) mass is 401 g/mol. The van der Waals surface area contributed by atoms with Crippen molar-refractivity contribution in [1.29, 1.82) is 0 Å². The zero-order valence-corrected chi connectivity index (χ0v) is 18.0. The summed E-state index contributed by atoms with van der Waals surface area (Å²) in [5.74, 6) is -0.437. The Morgan fingerprint density at radius 3 is 2.79 bits per heavy atom. The van der Waals surface area contributed by atoms with E-state index in [0.29, 0.717) is 13.0 Å². The smallest absolute Gasteiger partial charge is 0.220 e. The van der Waals surface area contributed by atoms with Crippen molar-refractivity contribution in [2.45, 2.75) is 77.0 Å². The minimum absolute atomic E-state index is 0.00584. The molecule has 3 aliphatic heterocycles. The summed E-state index contributed by atoms with van der Waals surface area (Å²) < 4.78 is 12.4. The molecule has 0 aliphatic carbocycles. The number of ether oxygens (including phenoxy) is 2. The lowest BCUT2D eigenvalue weighted by Gasteiger charge is -2.30. The molecule has 3 saturated heterocycles. The third-order valence-electron chi connectivity index (χ3n) is 6.24. The highest BCUT2D eigenvalue weighted by Gasteiger charge is 2.52. The van der Waals surface area contributed by atoms with Crippen molar-refractivity contribution in [3.8, 4) is 0 Å². The van der Waals surface area contributed by atoms with E-state index in [2.05, 4.69) is 39.4 Å². The number of fused-ring (bicyclic) bond motifs is 1. The molecular weight excluding hydrogens is 366 g/mol. The van der Waals surface area contributed by atoms with Crippen LogP contribution in [0.1, 0.15) is 52.0 Å². The van der Waals surface area contributed by atoms with Gasteiger partial charge >= 0.3 is 0 Å². The molecule has 1 aromatic carbocycles. The van der Waals surface area contributed by atoms with Crippen molar-refractivity contribution in [3.05, 3.63) is 29.8 Å². The van der Waals surface area contributed by atoms with Crippen LogP contribution in [0.25, 0.3) is 0 Å². The number of carbonyl (C=O) groups excluding carboxylic acids is 1. The number of rotatable bonds is 7. The third kappa shape index (κ3) is 4.76. The SMILES string of the molecule is CCCC(=O)NC[C@@H]1[C@H]2OC(C)(C)O[C@H]2CN1Cc1cccc(N2CCCC2)c1. The van der Waals surface area contributed by atoms with Gasteiger partial charge in [0.15, 0.2) is 5.79 Å². The molecule has 4 rings (SSSR count). The first kappa shape index (κ1) is 20.6. The van der Waals surface area contributed by atoms with Gasteiger partial charge in [0.1, 0.15) is 12.2 Å². The third-order valence-corrected chi connectivity index (χ3v) is 6.24. The molecule has 0 radical (unpaired) electrons. The lowest BCUT2D eigenvalue weighted by atomic mass is 10.1. The summed E-state index contributed by atoms with van der Waals surface area (Å²) in [7, 11) is 0. The predicted octanol–water partition coefficient (Wildman–Crippen LogP) is 2.91. The fourth-order valence-corrected chi connectivity index (χ4v) is 4.93. The van der Waals surface area contributed by atoms with E-state index >= 15 is 0 Å². The predicted molar refractivity (Wildman–Crippen MR) is 114 cm³/mol. The van der Waals surface area contributed by atoms with Crippen molar-refractivity contribution < 1.29 is 14.3 Å². The number of hydrogen-bond donors (Lipinski definition) is 1. The van der Waals surface area contributed by atoms with Crippen molar-refractivity contribution in [2.75, 3.05) is 31.1 Å². The first-order chi connectivity index (χ1) is 13.9. The Kier molecular flexibility index (Phi) is 6.13. The largest absolute Gasteiger partial charge is 0.372 e. The molecule has 3 heterocycles. The molecule has 0 aromatic heterocycles. The van der Waals surface area contributed by atoms with Gasteiger partial charge in [-0.05, 0) is 50.8 Å². The molecule has 0 unspecified atom stereocenters. The van der Waals surface area contributed by atoms with Crippen LogP contribution < -0.4 is 10.2 Å². The van der Waals surface area contributed by atoms with Crippen LogP contribution in [0, 0.1) is 0 Å². The van der Waals surface area contributed by atoms with Gasteiger partial charge in [-0.25, -0.2) is 0 Å². The van der Waals surface area contributed by atoms with Gasteiger partial charge in [0, 0.05) is 44.8 Å². The first-order valence-corrected chi connectivity index (χ1v) is 11.2. The highest BCUT2D eigenvalue weighted by atomic mass is 16.8. The van der Waals surface area contributed by atoms with Crippen LogP contribution >= 0.6 is 0 Å². The van der Waals surface area contributed by atoms with Crippen LogP contribution in [-0.2, 0) is 20.8 Å². The van der Waals surface area contributed by atoms with Gasteiger partial charge in [0.05, 0.1) is 6.04 Å². The van der Waals surface area contributed by atoms with Gasteiger partial charge < -0.3 is 19.7 Å². The standard InChI is InChI=1S/C23H35N3O3/c1-4-8-21(27)24-14-19-22-20(28-23(2,3)29-22)16-26(19)15-17-9-7-10-18(13-17)25-11-5-6-12-25/h7,9-10,13,19-20,22H,4-6,8,11-12,14-16H2,1-3H3,(H,24,27)/t19-,20+,22-/m1/s1. The topological polar surface area (TPSA) is 54.0 Å². The molecule has 3 aliphatic rings. The molecular formula is C23H35N3O3. The lowest BCUT2D eigenvalue weighted by Crippen LogP contribution is -2.46. The van der Waals surface area contributed by atoms with Crippen molar-refractivity contribution in [3.63, 3.8) is 0 Å². The fourth-order valence-electron chi connectivity index (χ4n) is 4.93. The number of carbonyl (C=O) groups is 1. The van der Waals surface area contributed by atoms with E-state index in [9.17, 15) is 4.79 Å². The molecule has 6 nitrogen and oxygen atoms in total. The molecule has 6 heteroatoms. The van der Waals surface area contributed by atoms with Crippen molar-refractivity contribution in [1.82, 2.24) is 10.2 Å². The highest BCUT2D eigenvalue weighted by molar-refractivity contribution is 5.75. The van der Waals surface area contributed by atoms with E-state index in [0.717, 1.165) is 32.6 Å². The van der Waals surface area contributed by atoms with E-state index in [4.69, 9.17) is 9.47 Å². The van der Waals surface area contributed by atoms with Crippen LogP contribution in [-0.4, -0.2) is 61.0 Å². The maximum atomic E-state index is 12.1. The van der Waals surface area contributed by atoms with E-state index in [1.165, 1.54) is 24.1 Å². The number of likely N-dealkylation sites (tertiary alicyclic amines) is 1. The molecule has 1 N–H and O–H groups in total. The van der Waals surface area contributed by atoms with Gasteiger partial charge in [-0.3, -0.25) is 9.69 Å². The molecule has 0 bridgehead atoms. The Labute approximate surface area is 174 Å². The van der Waals surface area contributed by atoms with Gasteiger partial charge in [-0.15, -0.1) is 0 Å². The molecule has 3 fully saturated rings. The molecule has 1 amide bonds. The Morgan fingerprint density at radius 1 is 1.24 bits per heavy atom. The number of benzene rings is 1. The van der Waals surface area contributed by atoms with Crippen molar-refractivity contribution in [2.24, 2.45) is 0 Å². The molecule has 29 heavy (non-hydrogen) atoms. The first-order valence-electron chi connectivity index (χ1n) is 11.2. The average Bonchev–Trinajstić information content (AvgIpc) is 3.36. The summed E-state index contributed by atoms with van der Waals surface area (Å²) in [6, 6.07) is 9.01. The van der Waals surface area contributed by atoms with Crippen LogP contribution in [0.4, 0.5) is 5.69 Å². The summed E-state index contributed by atoms with van der Waals surface area (Å²) in [6.07, 6.45) is 4.05. The molecule has 160 valence electrons. The summed E-state index contributed by atoms with van der Waals surface area (Å²) in [5.41, 5.74) is 2.62. The second-order valence-electron chi connectivity index (χ2n) is 9.05. The van der Waals surface area contributed by atoms with Crippen LogP contribution in [0.2, 0.25) is 0 Å². The van der Waals surface area contributed by atoms with Crippen molar-refractivity contribution >= 4 is 11.6 Å². The number of amides is 1. The van der Waals surface area contributed by atoms with Crippen LogP contribution in [0.15, 0.2) is 24.3 Å². The molecule has 3 atom stereocenters. The lowest BCUT2D eigenvalue weighted by molar-refractivity contribution is -0.161. The van der Waals surface area contributed by atoms with Gasteiger partial charge in [0.2, 0.25) is 5.91 Å². The van der Waals surface area contributed by atoms with E-state index in [-0.39, 0.29) is 24.2 Å². The second-order valence-corrected chi connectivity index (χ2v) is 9.05. The zero-order valence-electron chi connectivity index (χ0n) is 18.0. The van der Waals surface area contributed by atoms with E-state index in [1.807, 2.05) is 20.8 Å². The van der Waals surface area contributed by atoms with E-state index in [1.54, 1.807) is 0 Å². The highest BCUT2D eigenvalue weighted by Crippen LogP contribution is 2.37. The minimum atomic E-state index is -0.553. The van der Waals surface area contributed by atoms with Gasteiger partial charge in [-0.2, -0.15) is 0 Å². The Balaban J connectivity index is 1.46. The van der Waals surface area contributed by atoms with E-state index < -0.39 is 5.79 Å². The van der Waals surface area contributed by atoms with Gasteiger partial charge in [-0.1, -0.05) is 19.1 Å². The Bertz CT molecular complexity index is 717. The molecule has 0 spiro atoms. The molecule has 0 saturated carbocycles. The summed E-state index contributed by atoms with van der Waals surface area (Å²) >= 11 is 0. The number of nitrogens with zero attached hydrogens (tertiary/aromatic N) is 2. The normalized spacial score (nSPS) is 28.7. The zero-order chi connectivity index (χ0) is 20.4. The second kappa shape index (κ2) is 8.62. The Morgan fingerprint density at radius 2 is 2.03 bits per heavy atom.